The summed E-state index contributed by atoms with van der Waals surface area (Å²) >= 11 is 0. The highest BCUT2D eigenvalue weighted by molar-refractivity contribution is 5.88. The smallest absolute Gasteiger partial charge is 0.237 e. The summed E-state index contributed by atoms with van der Waals surface area (Å²) in [5.41, 5.74) is 2.19. The maximum absolute atomic E-state index is 12.5. The SMILES string of the molecule is CCN(CC)C(=O)C[C@H]1C(=O)NCCN1Cc1ccc(OC)c(C)c1. The zero-order chi connectivity index (χ0) is 18.4. The van der Waals surface area contributed by atoms with E-state index in [0.29, 0.717) is 26.2 Å². The number of rotatable bonds is 7. The number of carbonyl (C=O) groups excluding carboxylic acids is 2. The van der Waals surface area contributed by atoms with Gasteiger partial charge in [0.25, 0.3) is 0 Å². The molecule has 1 aliphatic heterocycles. The number of hydrogen-bond acceptors (Lipinski definition) is 4. The molecular formula is C19H29N3O3. The Labute approximate surface area is 150 Å². The molecular weight excluding hydrogens is 318 g/mol. The third kappa shape index (κ3) is 4.72. The summed E-state index contributed by atoms with van der Waals surface area (Å²) < 4.78 is 5.30. The molecule has 1 N–H and O–H groups in total. The highest BCUT2D eigenvalue weighted by Crippen LogP contribution is 2.21. The first-order chi connectivity index (χ1) is 12.0. The monoisotopic (exact) mass is 347 g/mol. The average Bonchev–Trinajstić information content (AvgIpc) is 2.59. The minimum atomic E-state index is -0.413. The number of piperazine rings is 1. The van der Waals surface area contributed by atoms with Crippen molar-refractivity contribution in [2.24, 2.45) is 0 Å². The predicted octanol–water partition coefficient (Wildman–Crippen LogP) is 1.56. The van der Waals surface area contributed by atoms with Gasteiger partial charge in [0.05, 0.1) is 19.6 Å². The van der Waals surface area contributed by atoms with Gasteiger partial charge in [-0.3, -0.25) is 14.5 Å². The number of carbonyl (C=O) groups is 2. The number of nitrogens with zero attached hydrogens (tertiary/aromatic N) is 2. The Balaban J connectivity index is 2.12. The van der Waals surface area contributed by atoms with Crippen LogP contribution in [0.15, 0.2) is 18.2 Å². The second kappa shape index (κ2) is 8.85. The molecule has 6 nitrogen and oxygen atoms in total. The number of benzene rings is 1. The molecule has 1 aromatic carbocycles. The van der Waals surface area contributed by atoms with Gasteiger partial charge in [0.2, 0.25) is 11.8 Å². The lowest BCUT2D eigenvalue weighted by molar-refractivity contribution is -0.138. The third-order valence-corrected chi connectivity index (χ3v) is 4.77. The van der Waals surface area contributed by atoms with Crippen molar-refractivity contribution in [3.05, 3.63) is 29.3 Å². The van der Waals surface area contributed by atoms with Crippen molar-refractivity contribution in [1.29, 1.82) is 0 Å². The van der Waals surface area contributed by atoms with Crippen LogP contribution in [0.2, 0.25) is 0 Å². The topological polar surface area (TPSA) is 61.9 Å². The number of hydrogen-bond donors (Lipinski definition) is 1. The van der Waals surface area contributed by atoms with E-state index in [0.717, 1.165) is 23.4 Å². The third-order valence-electron chi connectivity index (χ3n) is 4.77. The number of amides is 2. The minimum absolute atomic E-state index is 0.0305. The van der Waals surface area contributed by atoms with Gasteiger partial charge in [-0.15, -0.1) is 0 Å². The minimum Gasteiger partial charge on any atom is -0.496 e. The molecule has 0 spiro atoms. The first-order valence-corrected chi connectivity index (χ1v) is 8.93. The van der Waals surface area contributed by atoms with E-state index in [4.69, 9.17) is 4.74 Å². The van der Waals surface area contributed by atoms with Crippen LogP contribution in [0.1, 0.15) is 31.4 Å². The molecule has 1 aromatic rings. The molecule has 0 aromatic heterocycles. The standard InChI is InChI=1S/C19H29N3O3/c1-5-21(6-2)18(23)12-16-19(24)20-9-10-22(16)13-15-7-8-17(25-4)14(3)11-15/h7-8,11,16H,5-6,9-10,12-13H2,1-4H3,(H,20,24)/t16-/m0/s1. The van der Waals surface area contributed by atoms with Crippen LogP contribution in [-0.2, 0) is 16.1 Å². The van der Waals surface area contributed by atoms with Crippen LogP contribution < -0.4 is 10.1 Å². The fraction of sp³-hybridized carbons (Fsp3) is 0.579. The van der Waals surface area contributed by atoms with Crippen LogP contribution in [0.3, 0.4) is 0 Å². The highest BCUT2D eigenvalue weighted by atomic mass is 16.5. The van der Waals surface area contributed by atoms with Crippen molar-refractivity contribution < 1.29 is 14.3 Å². The van der Waals surface area contributed by atoms with Crippen molar-refractivity contribution >= 4 is 11.8 Å². The van der Waals surface area contributed by atoms with Crippen LogP contribution in [-0.4, -0.2) is 60.9 Å². The number of aryl methyl sites for hydroxylation is 1. The van der Waals surface area contributed by atoms with Gasteiger partial charge in [0, 0.05) is 32.7 Å². The number of ether oxygens (including phenoxy) is 1. The summed E-state index contributed by atoms with van der Waals surface area (Å²) in [5.74, 6) is 0.827. The van der Waals surface area contributed by atoms with Gasteiger partial charge in [-0.2, -0.15) is 0 Å². The van der Waals surface area contributed by atoms with Gasteiger partial charge < -0.3 is 15.0 Å². The van der Waals surface area contributed by atoms with Gasteiger partial charge in [0.1, 0.15) is 5.75 Å². The van der Waals surface area contributed by atoms with Gasteiger partial charge >= 0.3 is 0 Å². The zero-order valence-electron chi connectivity index (χ0n) is 15.7. The molecule has 0 aliphatic carbocycles. The largest absolute Gasteiger partial charge is 0.496 e. The quantitative estimate of drug-likeness (QED) is 0.813. The summed E-state index contributed by atoms with van der Waals surface area (Å²) in [4.78, 5) is 28.7. The first-order valence-electron chi connectivity index (χ1n) is 8.93. The van der Waals surface area contributed by atoms with Gasteiger partial charge in [0.15, 0.2) is 0 Å². The fourth-order valence-corrected chi connectivity index (χ4v) is 3.32. The maximum Gasteiger partial charge on any atom is 0.237 e. The molecule has 138 valence electrons. The van der Waals surface area contributed by atoms with Crippen LogP contribution in [0, 0.1) is 6.92 Å². The normalized spacial score (nSPS) is 17.9. The molecule has 0 radical (unpaired) electrons. The van der Waals surface area contributed by atoms with Crippen molar-refractivity contribution in [2.45, 2.75) is 39.8 Å². The van der Waals surface area contributed by atoms with Crippen LogP contribution in [0.5, 0.6) is 5.75 Å². The Morgan fingerprint density at radius 1 is 1.36 bits per heavy atom. The van der Waals surface area contributed by atoms with E-state index < -0.39 is 6.04 Å². The van der Waals surface area contributed by atoms with Gasteiger partial charge in [-0.05, 0) is 38.0 Å². The van der Waals surface area contributed by atoms with Crippen LogP contribution in [0.4, 0.5) is 0 Å². The molecule has 0 saturated carbocycles. The molecule has 1 aliphatic rings. The lowest BCUT2D eigenvalue weighted by atomic mass is 10.0. The van der Waals surface area contributed by atoms with Crippen LogP contribution in [0.25, 0.3) is 0 Å². The Kier molecular flexibility index (Phi) is 6.82. The van der Waals surface area contributed by atoms with E-state index in [1.807, 2.05) is 32.9 Å². The maximum atomic E-state index is 12.5. The Morgan fingerprint density at radius 2 is 2.08 bits per heavy atom. The number of methoxy groups -OCH3 is 1. The van der Waals surface area contributed by atoms with Crippen molar-refractivity contribution in [1.82, 2.24) is 15.1 Å². The van der Waals surface area contributed by atoms with E-state index in [-0.39, 0.29) is 18.2 Å². The van der Waals surface area contributed by atoms with E-state index in [1.54, 1.807) is 12.0 Å². The van der Waals surface area contributed by atoms with Crippen molar-refractivity contribution in [2.75, 3.05) is 33.3 Å². The summed E-state index contributed by atoms with van der Waals surface area (Å²) in [5, 5.41) is 2.89. The van der Waals surface area contributed by atoms with E-state index in [1.165, 1.54) is 0 Å². The molecule has 6 heteroatoms. The lowest BCUT2D eigenvalue weighted by Gasteiger charge is -2.35. The van der Waals surface area contributed by atoms with Crippen LogP contribution >= 0.6 is 0 Å². The van der Waals surface area contributed by atoms with Crippen molar-refractivity contribution in [3.63, 3.8) is 0 Å². The molecule has 0 unspecified atom stereocenters. The molecule has 25 heavy (non-hydrogen) atoms. The second-order valence-corrected chi connectivity index (χ2v) is 6.35. The summed E-state index contributed by atoms with van der Waals surface area (Å²) in [6.07, 6.45) is 0.225. The van der Waals surface area contributed by atoms with E-state index in [9.17, 15) is 9.59 Å². The average molecular weight is 347 g/mol. The highest BCUT2D eigenvalue weighted by Gasteiger charge is 2.32. The molecule has 2 rings (SSSR count). The summed E-state index contributed by atoms with van der Waals surface area (Å²) in [6, 6.07) is 5.63. The Morgan fingerprint density at radius 3 is 2.68 bits per heavy atom. The predicted molar refractivity (Wildman–Crippen MR) is 97.5 cm³/mol. The summed E-state index contributed by atoms with van der Waals surface area (Å²) in [6.45, 7) is 9.27. The van der Waals surface area contributed by atoms with E-state index in [2.05, 4.69) is 16.3 Å². The van der Waals surface area contributed by atoms with Gasteiger partial charge in [-0.1, -0.05) is 12.1 Å². The molecule has 1 saturated heterocycles. The Bertz CT molecular complexity index is 614. The summed E-state index contributed by atoms with van der Waals surface area (Å²) in [7, 11) is 1.66. The fourth-order valence-electron chi connectivity index (χ4n) is 3.32. The molecule has 0 bridgehead atoms. The van der Waals surface area contributed by atoms with E-state index >= 15 is 0 Å². The molecule has 2 amide bonds. The Hall–Kier alpha value is -2.08. The van der Waals surface area contributed by atoms with Gasteiger partial charge in [-0.25, -0.2) is 0 Å². The molecule has 1 heterocycles. The second-order valence-electron chi connectivity index (χ2n) is 6.35. The first kappa shape index (κ1) is 19.2. The van der Waals surface area contributed by atoms with Crippen molar-refractivity contribution in [3.8, 4) is 5.75 Å². The lowest BCUT2D eigenvalue weighted by Crippen LogP contribution is -2.56. The molecule has 1 fully saturated rings. The number of nitrogens with one attached hydrogen (secondary N) is 1. The zero-order valence-corrected chi connectivity index (χ0v) is 15.7. The molecule has 1 atom stereocenters.